The molecule has 4 heterocycles. The van der Waals surface area contributed by atoms with Crippen molar-refractivity contribution in [2.45, 2.75) is 32.7 Å². The Kier molecular flexibility index (Phi) is 4.88. The minimum absolute atomic E-state index is 0.0346. The molecule has 8 nitrogen and oxygen atoms in total. The molecular formula is C22H24FN7O. The third-order valence-electron chi connectivity index (χ3n) is 6.12. The molecule has 0 saturated carbocycles. The predicted octanol–water partition coefficient (Wildman–Crippen LogP) is 2.55. The van der Waals surface area contributed by atoms with Crippen LogP contribution >= 0.6 is 0 Å². The van der Waals surface area contributed by atoms with Crippen LogP contribution in [0, 0.1) is 25.6 Å². The Morgan fingerprint density at radius 2 is 1.81 bits per heavy atom. The van der Waals surface area contributed by atoms with Crippen LogP contribution in [0.4, 0.5) is 10.3 Å². The van der Waals surface area contributed by atoms with E-state index in [-0.39, 0.29) is 17.5 Å². The minimum Gasteiger partial charge on any atom is -0.338 e. The first-order valence-electron chi connectivity index (χ1n) is 10.5. The van der Waals surface area contributed by atoms with Crippen molar-refractivity contribution in [2.24, 2.45) is 5.92 Å². The normalized spacial score (nSPS) is 20.7. The summed E-state index contributed by atoms with van der Waals surface area (Å²) in [7, 11) is 0. The zero-order chi connectivity index (χ0) is 21.5. The fraction of sp³-hybridized carbons (Fsp3) is 0.409. The lowest BCUT2D eigenvalue weighted by Gasteiger charge is -2.37. The van der Waals surface area contributed by atoms with Crippen LogP contribution in [0.25, 0.3) is 5.69 Å². The van der Waals surface area contributed by atoms with E-state index in [0.717, 1.165) is 30.8 Å². The number of nitrogens with zero attached hydrogens (tertiary/aromatic N) is 7. The van der Waals surface area contributed by atoms with Crippen molar-refractivity contribution in [1.82, 2.24) is 29.9 Å². The number of fused-ring (bicyclic) bond motifs is 1. The SMILES string of the molecule is Cc1cc(C)nc(N2C[C@H]3CCCN(C(=O)c4cc(F)ccc4-n4nccn4)[C@H]3C2)n1. The first-order valence-corrected chi connectivity index (χ1v) is 10.5. The van der Waals surface area contributed by atoms with Gasteiger partial charge in [0.1, 0.15) is 5.82 Å². The number of aromatic nitrogens is 5. The van der Waals surface area contributed by atoms with E-state index in [4.69, 9.17) is 0 Å². The molecule has 5 rings (SSSR count). The summed E-state index contributed by atoms with van der Waals surface area (Å²) in [5.74, 6) is 0.405. The van der Waals surface area contributed by atoms with Crippen LogP contribution in [0.2, 0.25) is 0 Å². The summed E-state index contributed by atoms with van der Waals surface area (Å²) >= 11 is 0. The maximum Gasteiger partial charge on any atom is 0.256 e. The van der Waals surface area contributed by atoms with Gasteiger partial charge < -0.3 is 9.80 Å². The molecule has 2 aliphatic heterocycles. The molecule has 2 aliphatic rings. The average Bonchev–Trinajstić information content (AvgIpc) is 3.42. The number of halogens is 1. The molecule has 0 unspecified atom stereocenters. The molecule has 2 saturated heterocycles. The molecular weight excluding hydrogens is 397 g/mol. The first kappa shape index (κ1) is 19.6. The van der Waals surface area contributed by atoms with Gasteiger partial charge in [0.15, 0.2) is 0 Å². The highest BCUT2D eigenvalue weighted by atomic mass is 19.1. The van der Waals surface area contributed by atoms with Crippen LogP contribution in [-0.2, 0) is 0 Å². The molecule has 0 N–H and O–H groups in total. The monoisotopic (exact) mass is 421 g/mol. The zero-order valence-corrected chi connectivity index (χ0v) is 17.6. The van der Waals surface area contributed by atoms with E-state index in [1.165, 1.54) is 29.3 Å². The van der Waals surface area contributed by atoms with Gasteiger partial charge in [0.2, 0.25) is 5.95 Å². The van der Waals surface area contributed by atoms with Gasteiger partial charge in [-0.2, -0.15) is 15.0 Å². The molecule has 31 heavy (non-hydrogen) atoms. The van der Waals surface area contributed by atoms with Crippen LogP contribution < -0.4 is 4.90 Å². The van der Waals surface area contributed by atoms with Gasteiger partial charge in [-0.05, 0) is 56.9 Å². The maximum atomic E-state index is 14.1. The second-order valence-corrected chi connectivity index (χ2v) is 8.30. The van der Waals surface area contributed by atoms with Crippen molar-refractivity contribution in [3.05, 3.63) is 59.4 Å². The molecule has 0 bridgehead atoms. The lowest BCUT2D eigenvalue weighted by Crippen LogP contribution is -2.48. The van der Waals surface area contributed by atoms with E-state index in [1.54, 1.807) is 6.07 Å². The largest absolute Gasteiger partial charge is 0.338 e. The van der Waals surface area contributed by atoms with E-state index in [2.05, 4.69) is 25.1 Å². The van der Waals surface area contributed by atoms with E-state index in [1.807, 2.05) is 24.8 Å². The summed E-state index contributed by atoms with van der Waals surface area (Å²) in [5, 5.41) is 8.25. The highest BCUT2D eigenvalue weighted by molar-refractivity contribution is 5.98. The molecule has 1 aromatic carbocycles. The molecule has 0 aliphatic carbocycles. The summed E-state index contributed by atoms with van der Waals surface area (Å²) < 4.78 is 14.1. The van der Waals surface area contributed by atoms with Gasteiger partial charge in [-0.1, -0.05) is 0 Å². The summed E-state index contributed by atoms with van der Waals surface area (Å²) in [6.07, 6.45) is 5.03. The highest BCUT2D eigenvalue weighted by Crippen LogP contribution is 2.34. The summed E-state index contributed by atoms with van der Waals surface area (Å²) in [6.45, 7) is 6.06. The molecule has 0 radical (unpaired) electrons. The van der Waals surface area contributed by atoms with Gasteiger partial charge in [0, 0.05) is 31.0 Å². The topological polar surface area (TPSA) is 80.0 Å². The number of anilines is 1. The zero-order valence-electron chi connectivity index (χ0n) is 17.6. The minimum atomic E-state index is -0.454. The Labute approximate surface area is 179 Å². The van der Waals surface area contributed by atoms with Crippen molar-refractivity contribution in [2.75, 3.05) is 24.5 Å². The number of piperidine rings is 1. The van der Waals surface area contributed by atoms with Crippen LogP contribution in [0.1, 0.15) is 34.6 Å². The summed E-state index contributed by atoms with van der Waals surface area (Å²) in [5.41, 5.74) is 2.62. The molecule has 9 heteroatoms. The highest BCUT2D eigenvalue weighted by Gasteiger charge is 2.42. The van der Waals surface area contributed by atoms with E-state index < -0.39 is 5.82 Å². The summed E-state index contributed by atoms with van der Waals surface area (Å²) in [4.78, 5) is 28.2. The number of aryl methyl sites for hydroxylation is 2. The smallest absolute Gasteiger partial charge is 0.256 e. The van der Waals surface area contributed by atoms with E-state index in [9.17, 15) is 9.18 Å². The number of carbonyl (C=O) groups is 1. The van der Waals surface area contributed by atoms with E-state index >= 15 is 0 Å². The number of carbonyl (C=O) groups excluding carboxylic acids is 1. The molecule has 2 atom stereocenters. The number of hydrogen-bond donors (Lipinski definition) is 0. The standard InChI is InChI=1S/C22H24FN7O/c1-14-10-15(2)27-22(26-14)28-12-16-4-3-9-29(20(16)13-28)21(31)18-11-17(23)5-6-19(18)30-24-7-8-25-30/h5-8,10-11,16,20H,3-4,9,12-13H2,1-2H3/t16-,20+/m1/s1. The van der Waals surface area contributed by atoms with Gasteiger partial charge in [-0.25, -0.2) is 14.4 Å². The van der Waals surface area contributed by atoms with Gasteiger partial charge in [-0.3, -0.25) is 4.79 Å². The number of benzene rings is 1. The molecule has 1 amide bonds. The third-order valence-corrected chi connectivity index (χ3v) is 6.12. The van der Waals surface area contributed by atoms with Gasteiger partial charge in [0.05, 0.1) is 29.7 Å². The Bertz CT molecular complexity index is 1100. The number of hydrogen-bond acceptors (Lipinski definition) is 6. The fourth-order valence-corrected chi connectivity index (χ4v) is 4.79. The van der Waals surface area contributed by atoms with Gasteiger partial charge in [0.25, 0.3) is 5.91 Å². The van der Waals surface area contributed by atoms with E-state index in [0.29, 0.717) is 30.6 Å². The molecule has 160 valence electrons. The van der Waals surface area contributed by atoms with Crippen molar-refractivity contribution in [3.63, 3.8) is 0 Å². The Balaban J connectivity index is 1.45. The maximum absolute atomic E-state index is 14.1. The molecule has 2 fully saturated rings. The van der Waals surface area contributed by atoms with Crippen molar-refractivity contribution < 1.29 is 9.18 Å². The number of likely N-dealkylation sites (tertiary alicyclic amines) is 1. The lowest BCUT2D eigenvalue weighted by molar-refractivity contribution is 0.0574. The number of amides is 1. The van der Waals surface area contributed by atoms with Crippen molar-refractivity contribution >= 4 is 11.9 Å². The second-order valence-electron chi connectivity index (χ2n) is 8.30. The average molecular weight is 421 g/mol. The Morgan fingerprint density at radius 1 is 1.06 bits per heavy atom. The lowest BCUT2D eigenvalue weighted by atomic mass is 9.91. The quantitative estimate of drug-likeness (QED) is 0.647. The molecule has 0 spiro atoms. The Morgan fingerprint density at radius 3 is 2.55 bits per heavy atom. The third kappa shape index (κ3) is 3.64. The van der Waals surface area contributed by atoms with Crippen LogP contribution in [0.3, 0.4) is 0 Å². The van der Waals surface area contributed by atoms with Crippen LogP contribution in [0.5, 0.6) is 0 Å². The molecule has 3 aromatic rings. The van der Waals surface area contributed by atoms with Crippen molar-refractivity contribution in [3.8, 4) is 5.69 Å². The fourth-order valence-electron chi connectivity index (χ4n) is 4.79. The van der Waals surface area contributed by atoms with Crippen molar-refractivity contribution in [1.29, 1.82) is 0 Å². The summed E-state index contributed by atoms with van der Waals surface area (Å²) in [6, 6.07) is 6.14. The number of rotatable bonds is 3. The van der Waals surface area contributed by atoms with Gasteiger partial charge >= 0.3 is 0 Å². The Hall–Kier alpha value is -3.36. The van der Waals surface area contributed by atoms with Crippen LogP contribution in [0.15, 0.2) is 36.7 Å². The second kappa shape index (κ2) is 7.72. The first-order chi connectivity index (χ1) is 15.0. The predicted molar refractivity (Wildman–Crippen MR) is 113 cm³/mol. The van der Waals surface area contributed by atoms with Crippen LogP contribution in [-0.4, -0.2) is 61.4 Å². The molecule has 2 aromatic heterocycles. The van der Waals surface area contributed by atoms with Gasteiger partial charge in [-0.15, -0.1) is 0 Å².